The molecule has 1 aromatic rings. The van der Waals surface area contributed by atoms with Crippen molar-refractivity contribution in [2.24, 2.45) is 5.92 Å². The molecule has 0 radical (unpaired) electrons. The number of hydrogen-bond donors (Lipinski definition) is 0. The lowest BCUT2D eigenvalue weighted by molar-refractivity contribution is 0.370. The van der Waals surface area contributed by atoms with Gasteiger partial charge in [0, 0.05) is 5.56 Å². The first-order valence-electron chi connectivity index (χ1n) is 6.66. The van der Waals surface area contributed by atoms with Gasteiger partial charge in [0.25, 0.3) is 0 Å². The van der Waals surface area contributed by atoms with Crippen molar-refractivity contribution >= 4 is 0 Å². The second kappa shape index (κ2) is 6.00. The summed E-state index contributed by atoms with van der Waals surface area (Å²) in [6, 6.07) is 0. The van der Waals surface area contributed by atoms with E-state index in [-0.39, 0.29) is 12.3 Å². The van der Waals surface area contributed by atoms with Gasteiger partial charge in [0.05, 0.1) is 0 Å². The summed E-state index contributed by atoms with van der Waals surface area (Å²) in [4.78, 5) is 0. The Kier molecular flexibility index (Phi) is 4.49. The average Bonchev–Trinajstić information content (AvgIpc) is 2.48. The molecule has 0 saturated carbocycles. The second-order valence-electron chi connectivity index (χ2n) is 5.41. The van der Waals surface area contributed by atoms with Crippen LogP contribution in [-0.2, 0) is 6.42 Å². The van der Waals surface area contributed by atoms with Crippen molar-refractivity contribution < 1.29 is 22.0 Å². The molecule has 1 atom stereocenters. The van der Waals surface area contributed by atoms with E-state index in [4.69, 9.17) is 0 Å². The quantitative estimate of drug-likeness (QED) is 0.310. The van der Waals surface area contributed by atoms with Crippen molar-refractivity contribution in [1.82, 2.24) is 0 Å². The fraction of sp³-hybridized carbons (Fsp3) is 0.375. The number of allylic oxidation sites excluding steroid dienone is 3. The normalized spacial score (nSPS) is 18.6. The molecular weight excluding hydrogens is 287 g/mol. The Morgan fingerprint density at radius 3 is 2.05 bits per heavy atom. The predicted octanol–water partition coefficient (Wildman–Crippen LogP) is 5.23. The van der Waals surface area contributed by atoms with Crippen molar-refractivity contribution in [3.8, 4) is 0 Å². The molecule has 114 valence electrons. The monoisotopic (exact) mass is 302 g/mol. The van der Waals surface area contributed by atoms with Gasteiger partial charge in [0.15, 0.2) is 23.3 Å². The van der Waals surface area contributed by atoms with Gasteiger partial charge in [-0.15, -0.1) is 0 Å². The molecule has 0 nitrogen and oxygen atoms in total. The molecule has 0 heterocycles. The third-order valence-corrected chi connectivity index (χ3v) is 3.92. The Hall–Kier alpha value is -1.65. The summed E-state index contributed by atoms with van der Waals surface area (Å²) < 4.78 is 66.5. The molecule has 0 spiro atoms. The van der Waals surface area contributed by atoms with Crippen LogP contribution in [0.15, 0.2) is 23.8 Å². The molecule has 1 aromatic carbocycles. The molecule has 0 aromatic heterocycles. The molecule has 1 aliphatic rings. The summed E-state index contributed by atoms with van der Waals surface area (Å²) in [5, 5.41) is 0. The van der Waals surface area contributed by atoms with Crippen molar-refractivity contribution in [2.45, 2.75) is 32.6 Å². The zero-order valence-corrected chi connectivity index (χ0v) is 11.6. The van der Waals surface area contributed by atoms with Gasteiger partial charge in [-0.25, -0.2) is 22.0 Å². The van der Waals surface area contributed by atoms with E-state index < -0.39 is 34.6 Å². The van der Waals surface area contributed by atoms with Crippen LogP contribution >= 0.6 is 0 Å². The second-order valence-corrected chi connectivity index (χ2v) is 5.41. The molecule has 1 unspecified atom stereocenters. The summed E-state index contributed by atoms with van der Waals surface area (Å²) >= 11 is 0. The zero-order chi connectivity index (χ0) is 15.7. The Morgan fingerprint density at radius 1 is 1.05 bits per heavy atom. The van der Waals surface area contributed by atoms with Crippen molar-refractivity contribution in [3.63, 3.8) is 0 Å². The Labute approximate surface area is 120 Å². The summed E-state index contributed by atoms with van der Waals surface area (Å²) in [5.41, 5.74) is 0.917. The summed E-state index contributed by atoms with van der Waals surface area (Å²) in [6.45, 7) is 5.75. The van der Waals surface area contributed by atoms with Gasteiger partial charge in [-0.2, -0.15) is 0 Å². The molecule has 2 rings (SSSR count). The molecule has 21 heavy (non-hydrogen) atoms. The van der Waals surface area contributed by atoms with Crippen molar-refractivity contribution in [1.29, 1.82) is 0 Å². The highest BCUT2D eigenvalue weighted by Gasteiger charge is 2.27. The van der Waals surface area contributed by atoms with Gasteiger partial charge >= 0.3 is 0 Å². The Morgan fingerprint density at radius 2 is 1.57 bits per heavy atom. The van der Waals surface area contributed by atoms with Crippen LogP contribution in [0, 0.1) is 35.0 Å². The number of halogens is 5. The highest BCUT2D eigenvalue weighted by molar-refractivity contribution is 5.29. The lowest BCUT2D eigenvalue weighted by Crippen LogP contribution is -2.13. The average molecular weight is 302 g/mol. The van der Waals surface area contributed by atoms with Crippen LogP contribution in [0.1, 0.15) is 31.7 Å². The largest absolute Gasteiger partial charge is 0.203 e. The zero-order valence-electron chi connectivity index (χ0n) is 11.6. The molecule has 0 saturated heterocycles. The molecule has 0 amide bonds. The van der Waals surface area contributed by atoms with Crippen LogP contribution in [0.2, 0.25) is 0 Å². The van der Waals surface area contributed by atoms with Crippen LogP contribution in [0.3, 0.4) is 0 Å². The SMILES string of the molecule is C=C(Cc1c(F)c(F)c(F)c(F)c1F)C1CC=C(C)CC1. The number of rotatable bonds is 3. The molecule has 0 fully saturated rings. The highest BCUT2D eigenvalue weighted by atomic mass is 19.2. The maximum atomic E-state index is 13.6. The summed E-state index contributed by atoms with van der Waals surface area (Å²) in [5.74, 6) is -9.48. The molecule has 0 N–H and O–H groups in total. The first-order chi connectivity index (χ1) is 9.82. The maximum Gasteiger partial charge on any atom is 0.200 e. The molecular formula is C16H15F5. The van der Waals surface area contributed by atoms with Crippen molar-refractivity contribution in [3.05, 3.63) is 58.5 Å². The fourth-order valence-corrected chi connectivity index (χ4v) is 2.51. The van der Waals surface area contributed by atoms with E-state index in [0.29, 0.717) is 12.0 Å². The topological polar surface area (TPSA) is 0 Å². The Bertz CT molecular complexity index is 587. The highest BCUT2D eigenvalue weighted by Crippen LogP contribution is 2.32. The molecule has 0 bridgehead atoms. The van der Waals surface area contributed by atoms with Crippen molar-refractivity contribution in [2.75, 3.05) is 0 Å². The minimum atomic E-state index is -2.13. The molecule has 1 aliphatic carbocycles. The van der Waals surface area contributed by atoms with E-state index in [1.54, 1.807) is 0 Å². The maximum absolute atomic E-state index is 13.6. The van der Waals surface area contributed by atoms with Crippen LogP contribution < -0.4 is 0 Å². The van der Waals surface area contributed by atoms with Crippen LogP contribution in [0.5, 0.6) is 0 Å². The third kappa shape index (κ3) is 3.01. The minimum Gasteiger partial charge on any atom is -0.203 e. The first kappa shape index (κ1) is 15.7. The number of benzene rings is 1. The van der Waals surface area contributed by atoms with E-state index in [0.717, 1.165) is 12.8 Å². The summed E-state index contributed by atoms with van der Waals surface area (Å²) in [7, 11) is 0. The molecule has 0 aliphatic heterocycles. The third-order valence-electron chi connectivity index (χ3n) is 3.92. The lowest BCUT2D eigenvalue weighted by Gasteiger charge is -2.23. The summed E-state index contributed by atoms with van der Waals surface area (Å²) in [6.07, 6.45) is 3.97. The standard InChI is InChI=1S/C16H15F5/c1-8-3-5-10(6-4-8)9(2)7-11-12(17)14(19)16(21)15(20)13(11)18/h3,10H,2,4-7H2,1H3. The molecule has 5 heteroatoms. The Balaban J connectivity index is 2.26. The van der Waals surface area contributed by atoms with E-state index in [2.05, 4.69) is 6.58 Å². The van der Waals surface area contributed by atoms with Gasteiger partial charge in [-0.3, -0.25) is 0 Å². The predicted molar refractivity (Wildman–Crippen MR) is 70.2 cm³/mol. The lowest BCUT2D eigenvalue weighted by atomic mass is 9.83. The van der Waals surface area contributed by atoms with E-state index in [1.165, 1.54) is 5.57 Å². The fourth-order valence-electron chi connectivity index (χ4n) is 2.51. The van der Waals surface area contributed by atoms with E-state index >= 15 is 0 Å². The van der Waals surface area contributed by atoms with E-state index in [1.807, 2.05) is 13.0 Å². The van der Waals surface area contributed by atoms with Crippen LogP contribution in [-0.4, -0.2) is 0 Å². The smallest absolute Gasteiger partial charge is 0.200 e. The number of hydrogen-bond acceptors (Lipinski definition) is 0. The minimum absolute atomic E-state index is 0.00340. The van der Waals surface area contributed by atoms with Gasteiger partial charge in [0.2, 0.25) is 5.82 Å². The van der Waals surface area contributed by atoms with Crippen LogP contribution in [0.4, 0.5) is 22.0 Å². The van der Waals surface area contributed by atoms with Gasteiger partial charge < -0.3 is 0 Å². The van der Waals surface area contributed by atoms with Gasteiger partial charge in [-0.05, 0) is 38.5 Å². The van der Waals surface area contributed by atoms with E-state index in [9.17, 15) is 22.0 Å². The van der Waals surface area contributed by atoms with Gasteiger partial charge in [-0.1, -0.05) is 23.8 Å². The van der Waals surface area contributed by atoms with Gasteiger partial charge in [0.1, 0.15) is 0 Å². The first-order valence-corrected chi connectivity index (χ1v) is 6.66. The van der Waals surface area contributed by atoms with Crippen LogP contribution in [0.25, 0.3) is 0 Å².